The molecule has 0 aliphatic heterocycles. The number of halogens is 3. The minimum Gasteiger partial charge on any atom is -0.399 e. The lowest BCUT2D eigenvalue weighted by molar-refractivity contribution is 0.102. The van der Waals surface area contributed by atoms with Crippen LogP contribution in [0.3, 0.4) is 0 Å². The molecule has 2 rings (SSSR count). The average molecular weight is 283 g/mol. The van der Waals surface area contributed by atoms with Crippen molar-refractivity contribution in [2.24, 2.45) is 0 Å². The van der Waals surface area contributed by atoms with Crippen LogP contribution >= 0.6 is 11.6 Å². The molecule has 0 fully saturated rings. The number of nitrogen functional groups attached to an aromatic ring is 1. The van der Waals surface area contributed by atoms with Gasteiger partial charge in [-0.3, -0.25) is 4.79 Å². The Balaban J connectivity index is 2.23. The van der Waals surface area contributed by atoms with E-state index in [-0.39, 0.29) is 22.0 Å². The molecule has 0 saturated heterocycles. The van der Waals surface area contributed by atoms with Gasteiger partial charge in [-0.05, 0) is 36.4 Å². The zero-order valence-corrected chi connectivity index (χ0v) is 10.3. The molecule has 6 heteroatoms. The van der Waals surface area contributed by atoms with Gasteiger partial charge in [-0.15, -0.1) is 0 Å². The van der Waals surface area contributed by atoms with E-state index in [2.05, 4.69) is 5.32 Å². The number of hydrogen-bond donors (Lipinski definition) is 2. The van der Waals surface area contributed by atoms with Crippen LogP contribution in [0.4, 0.5) is 20.2 Å². The first kappa shape index (κ1) is 13.3. The zero-order valence-electron chi connectivity index (χ0n) is 9.58. The highest BCUT2D eigenvalue weighted by molar-refractivity contribution is 6.31. The monoisotopic (exact) mass is 282 g/mol. The lowest BCUT2D eigenvalue weighted by Crippen LogP contribution is -2.13. The Morgan fingerprint density at radius 2 is 1.84 bits per heavy atom. The summed E-state index contributed by atoms with van der Waals surface area (Å²) in [6, 6.07) is 7.38. The topological polar surface area (TPSA) is 55.1 Å². The van der Waals surface area contributed by atoms with E-state index in [1.165, 1.54) is 24.3 Å². The van der Waals surface area contributed by atoms with Gasteiger partial charge in [-0.2, -0.15) is 0 Å². The van der Waals surface area contributed by atoms with E-state index in [1.807, 2.05) is 0 Å². The quantitative estimate of drug-likeness (QED) is 0.829. The molecular formula is C13H9ClF2N2O. The van der Waals surface area contributed by atoms with Gasteiger partial charge in [0.1, 0.15) is 11.6 Å². The van der Waals surface area contributed by atoms with Crippen LogP contribution in [-0.4, -0.2) is 5.91 Å². The largest absolute Gasteiger partial charge is 0.399 e. The molecule has 0 spiro atoms. The van der Waals surface area contributed by atoms with Crippen molar-refractivity contribution in [1.82, 2.24) is 0 Å². The summed E-state index contributed by atoms with van der Waals surface area (Å²) in [6.45, 7) is 0. The molecule has 3 nitrogen and oxygen atoms in total. The molecule has 0 bridgehead atoms. The molecule has 98 valence electrons. The smallest absolute Gasteiger partial charge is 0.255 e. The van der Waals surface area contributed by atoms with Gasteiger partial charge in [0.05, 0.1) is 10.7 Å². The lowest BCUT2D eigenvalue weighted by atomic mass is 10.2. The average Bonchev–Trinajstić information content (AvgIpc) is 2.36. The van der Waals surface area contributed by atoms with Crippen LogP contribution in [0.1, 0.15) is 10.4 Å². The molecule has 0 unspecified atom stereocenters. The van der Waals surface area contributed by atoms with E-state index in [1.54, 1.807) is 0 Å². The number of nitrogens with two attached hydrogens (primary N) is 1. The van der Waals surface area contributed by atoms with E-state index >= 15 is 0 Å². The molecule has 0 heterocycles. The lowest BCUT2D eigenvalue weighted by Gasteiger charge is -2.07. The second-order valence-corrected chi connectivity index (χ2v) is 4.23. The van der Waals surface area contributed by atoms with E-state index in [9.17, 15) is 13.6 Å². The van der Waals surface area contributed by atoms with Gasteiger partial charge >= 0.3 is 0 Å². The SMILES string of the molecule is Nc1ccc(NC(=O)c2ccc(F)c(Cl)c2)c(F)c1. The number of hydrogen-bond acceptors (Lipinski definition) is 2. The van der Waals surface area contributed by atoms with Crippen molar-refractivity contribution in [3.63, 3.8) is 0 Å². The fourth-order valence-electron chi connectivity index (χ4n) is 1.46. The summed E-state index contributed by atoms with van der Waals surface area (Å²) >= 11 is 5.57. The minimum atomic E-state index is -0.651. The zero-order chi connectivity index (χ0) is 14.0. The summed E-state index contributed by atoms with van der Waals surface area (Å²) in [5, 5.41) is 2.17. The van der Waals surface area contributed by atoms with Crippen molar-refractivity contribution in [3.05, 3.63) is 58.6 Å². The second-order valence-electron chi connectivity index (χ2n) is 3.82. The molecule has 2 aromatic carbocycles. The second kappa shape index (κ2) is 5.24. The molecule has 0 radical (unpaired) electrons. The van der Waals surface area contributed by atoms with Crippen LogP contribution in [0.5, 0.6) is 0 Å². The van der Waals surface area contributed by atoms with Crippen LogP contribution < -0.4 is 11.1 Å². The van der Waals surface area contributed by atoms with Crippen LogP contribution in [-0.2, 0) is 0 Å². The summed E-state index contributed by atoms with van der Waals surface area (Å²) in [7, 11) is 0. The predicted molar refractivity (Wildman–Crippen MR) is 70.2 cm³/mol. The first-order chi connectivity index (χ1) is 8.97. The van der Waals surface area contributed by atoms with Gasteiger partial charge in [-0.1, -0.05) is 11.6 Å². The molecule has 0 aliphatic carbocycles. The number of rotatable bonds is 2. The number of carbonyl (C=O) groups is 1. The molecule has 19 heavy (non-hydrogen) atoms. The Bertz CT molecular complexity index is 647. The van der Waals surface area contributed by atoms with Crippen LogP contribution in [0.15, 0.2) is 36.4 Å². The van der Waals surface area contributed by atoms with Crippen molar-refractivity contribution in [1.29, 1.82) is 0 Å². The van der Waals surface area contributed by atoms with Crippen molar-refractivity contribution >= 4 is 28.9 Å². The van der Waals surface area contributed by atoms with Crippen LogP contribution in [0.2, 0.25) is 5.02 Å². The van der Waals surface area contributed by atoms with E-state index in [0.29, 0.717) is 0 Å². The van der Waals surface area contributed by atoms with E-state index in [4.69, 9.17) is 17.3 Å². The third-order valence-corrected chi connectivity index (χ3v) is 2.71. The summed E-state index contributed by atoms with van der Waals surface area (Å²) in [6.07, 6.45) is 0. The minimum absolute atomic E-state index is 0.0142. The highest BCUT2D eigenvalue weighted by Gasteiger charge is 2.11. The summed E-state index contributed by atoms with van der Waals surface area (Å²) < 4.78 is 26.4. The van der Waals surface area contributed by atoms with Gasteiger partial charge in [0.2, 0.25) is 0 Å². The third-order valence-electron chi connectivity index (χ3n) is 2.42. The van der Waals surface area contributed by atoms with Crippen molar-refractivity contribution < 1.29 is 13.6 Å². The van der Waals surface area contributed by atoms with Gasteiger partial charge in [0.25, 0.3) is 5.91 Å². The number of carbonyl (C=O) groups excluding carboxylic acids is 1. The first-order valence-electron chi connectivity index (χ1n) is 5.29. The Kier molecular flexibility index (Phi) is 3.66. The Labute approximate surface area is 113 Å². The van der Waals surface area contributed by atoms with Gasteiger partial charge in [-0.25, -0.2) is 8.78 Å². The fraction of sp³-hybridized carbons (Fsp3) is 0. The van der Waals surface area contributed by atoms with E-state index < -0.39 is 17.5 Å². The maximum absolute atomic E-state index is 13.5. The highest BCUT2D eigenvalue weighted by atomic mass is 35.5. The normalized spacial score (nSPS) is 10.3. The highest BCUT2D eigenvalue weighted by Crippen LogP contribution is 2.20. The van der Waals surface area contributed by atoms with Crippen molar-refractivity contribution in [2.45, 2.75) is 0 Å². The molecule has 0 aliphatic rings. The molecule has 1 amide bonds. The number of benzene rings is 2. The molecule has 0 aromatic heterocycles. The standard InChI is InChI=1S/C13H9ClF2N2O/c14-9-5-7(1-3-10(9)15)13(19)18-12-4-2-8(17)6-11(12)16/h1-6H,17H2,(H,18,19). The van der Waals surface area contributed by atoms with Crippen molar-refractivity contribution in [2.75, 3.05) is 11.1 Å². The molecular weight excluding hydrogens is 274 g/mol. The Hall–Kier alpha value is -2.14. The van der Waals surface area contributed by atoms with Gasteiger partial charge in [0, 0.05) is 11.3 Å². The predicted octanol–water partition coefficient (Wildman–Crippen LogP) is 3.45. The summed E-state index contributed by atoms with van der Waals surface area (Å²) in [5.74, 6) is -1.87. The van der Waals surface area contributed by atoms with Crippen molar-refractivity contribution in [3.8, 4) is 0 Å². The van der Waals surface area contributed by atoms with Crippen LogP contribution in [0.25, 0.3) is 0 Å². The Morgan fingerprint density at radius 3 is 2.47 bits per heavy atom. The maximum atomic E-state index is 13.5. The first-order valence-corrected chi connectivity index (χ1v) is 5.66. The van der Waals surface area contributed by atoms with Crippen LogP contribution in [0, 0.1) is 11.6 Å². The maximum Gasteiger partial charge on any atom is 0.255 e. The third kappa shape index (κ3) is 3.00. The Morgan fingerprint density at radius 1 is 1.11 bits per heavy atom. The molecule has 0 atom stereocenters. The van der Waals surface area contributed by atoms with E-state index in [0.717, 1.165) is 12.1 Å². The van der Waals surface area contributed by atoms with Gasteiger partial charge in [0.15, 0.2) is 0 Å². The summed E-state index contributed by atoms with van der Waals surface area (Å²) in [5.41, 5.74) is 5.76. The number of amides is 1. The number of nitrogens with one attached hydrogen (secondary N) is 1. The number of anilines is 2. The fourth-order valence-corrected chi connectivity index (χ4v) is 1.65. The van der Waals surface area contributed by atoms with Gasteiger partial charge < -0.3 is 11.1 Å². The molecule has 2 aromatic rings. The molecule has 0 saturated carbocycles. The molecule has 3 N–H and O–H groups in total. The summed E-state index contributed by atoms with van der Waals surface area (Å²) in [4.78, 5) is 11.8.